The summed E-state index contributed by atoms with van der Waals surface area (Å²) in [5.74, 6) is -0.822. The Balaban J connectivity index is 2.49. The molecule has 0 radical (unpaired) electrons. The fraction of sp³-hybridized carbons (Fsp3) is 0.440. The number of nitrogens with zero attached hydrogens (tertiary/aromatic N) is 2. The Kier molecular flexibility index (Phi) is 9.79. The summed E-state index contributed by atoms with van der Waals surface area (Å²) in [4.78, 5) is 28.3. The van der Waals surface area contributed by atoms with E-state index in [0.717, 1.165) is 20.6 Å². The van der Waals surface area contributed by atoms with Crippen LogP contribution in [0.2, 0.25) is 5.02 Å². The monoisotopic (exact) mass is 585 g/mol. The van der Waals surface area contributed by atoms with E-state index < -0.39 is 34.1 Å². The maximum Gasteiger partial charge on any atom is 0.244 e. The molecule has 192 valence electrons. The molecule has 0 saturated carbocycles. The van der Waals surface area contributed by atoms with E-state index in [-0.39, 0.29) is 12.5 Å². The number of hydrogen-bond donors (Lipinski definition) is 1. The molecule has 0 spiro atoms. The van der Waals surface area contributed by atoms with Gasteiger partial charge >= 0.3 is 0 Å². The highest BCUT2D eigenvalue weighted by atomic mass is 79.9. The lowest BCUT2D eigenvalue weighted by atomic mass is 10.1. The van der Waals surface area contributed by atoms with Crippen LogP contribution in [0.25, 0.3) is 0 Å². The third kappa shape index (κ3) is 8.22. The Hall–Kier alpha value is -2.10. The van der Waals surface area contributed by atoms with E-state index in [2.05, 4.69) is 21.2 Å². The molecule has 0 aliphatic rings. The van der Waals surface area contributed by atoms with E-state index in [0.29, 0.717) is 22.7 Å². The van der Waals surface area contributed by atoms with Gasteiger partial charge in [0.05, 0.1) is 11.9 Å². The van der Waals surface area contributed by atoms with Gasteiger partial charge in [-0.05, 0) is 69.5 Å². The summed E-state index contributed by atoms with van der Waals surface area (Å²) >= 11 is 9.78. The first-order chi connectivity index (χ1) is 16.1. The van der Waals surface area contributed by atoms with Crippen molar-refractivity contribution in [3.63, 3.8) is 0 Å². The van der Waals surface area contributed by atoms with Crippen molar-refractivity contribution < 1.29 is 18.0 Å². The first-order valence-corrected chi connectivity index (χ1v) is 14.2. The van der Waals surface area contributed by atoms with E-state index in [4.69, 9.17) is 11.6 Å². The molecule has 2 rings (SSSR count). The Morgan fingerprint density at radius 1 is 1.14 bits per heavy atom. The highest BCUT2D eigenvalue weighted by molar-refractivity contribution is 9.10. The molecular weight excluding hydrogens is 554 g/mol. The standard InChI is InChI=1S/C25H33BrClN3O4S/c1-7-22(24(32)28-25(3,4)5)29(15-18-10-8-9-11-21(18)27)23(31)16-30(35(6,33)34)19-12-13-20(26)17(2)14-19/h8-14,22H,7,15-16H2,1-6H3,(H,28,32)/t22-/m1/s1. The molecular formula is C25H33BrClN3O4S. The van der Waals surface area contributed by atoms with Crippen LogP contribution in [0.4, 0.5) is 5.69 Å². The SMILES string of the molecule is CC[C@H](C(=O)NC(C)(C)C)N(Cc1ccccc1Cl)C(=O)CN(c1ccc(Br)c(C)c1)S(C)(=O)=O. The molecule has 0 aliphatic carbocycles. The maximum atomic E-state index is 13.7. The van der Waals surface area contributed by atoms with Crippen LogP contribution in [0.3, 0.4) is 0 Å². The molecule has 10 heteroatoms. The third-order valence-corrected chi connectivity index (χ3v) is 7.69. The normalized spacial score (nSPS) is 12.7. The van der Waals surface area contributed by atoms with Crippen LogP contribution < -0.4 is 9.62 Å². The molecule has 0 saturated heterocycles. The van der Waals surface area contributed by atoms with Crippen LogP contribution in [0.15, 0.2) is 46.9 Å². The first kappa shape index (κ1) is 29.1. The van der Waals surface area contributed by atoms with Gasteiger partial charge in [-0.1, -0.05) is 52.7 Å². The summed E-state index contributed by atoms with van der Waals surface area (Å²) in [6.45, 7) is 8.84. The molecule has 0 unspecified atom stereocenters. The number of nitrogens with one attached hydrogen (secondary N) is 1. The average Bonchev–Trinajstić information content (AvgIpc) is 2.73. The number of benzene rings is 2. The molecule has 2 aromatic rings. The number of carbonyl (C=O) groups excluding carboxylic acids is 2. The van der Waals surface area contributed by atoms with E-state index in [1.807, 2.05) is 34.6 Å². The van der Waals surface area contributed by atoms with Crippen LogP contribution in [-0.2, 0) is 26.2 Å². The zero-order valence-corrected chi connectivity index (χ0v) is 24.1. The number of hydrogen-bond acceptors (Lipinski definition) is 4. The maximum absolute atomic E-state index is 13.7. The van der Waals surface area contributed by atoms with Gasteiger partial charge in [-0.15, -0.1) is 0 Å². The van der Waals surface area contributed by atoms with Crippen molar-refractivity contribution in [2.45, 2.75) is 59.2 Å². The highest BCUT2D eigenvalue weighted by Crippen LogP contribution is 2.26. The van der Waals surface area contributed by atoms with Gasteiger partial charge in [0.15, 0.2) is 0 Å². The fourth-order valence-electron chi connectivity index (χ4n) is 3.58. The zero-order valence-electron chi connectivity index (χ0n) is 20.9. The second kappa shape index (κ2) is 11.8. The molecule has 1 N–H and O–H groups in total. The second-order valence-corrected chi connectivity index (χ2v) is 12.6. The fourth-order valence-corrected chi connectivity index (χ4v) is 4.86. The number of aryl methyl sites for hydroxylation is 1. The molecule has 0 aliphatic heterocycles. The van der Waals surface area contributed by atoms with Crippen molar-refractivity contribution in [1.29, 1.82) is 0 Å². The molecule has 0 aromatic heterocycles. The minimum Gasteiger partial charge on any atom is -0.350 e. The van der Waals surface area contributed by atoms with Crippen LogP contribution in [0, 0.1) is 6.92 Å². The van der Waals surface area contributed by atoms with Crippen molar-refractivity contribution in [1.82, 2.24) is 10.2 Å². The number of sulfonamides is 1. The Morgan fingerprint density at radius 3 is 2.29 bits per heavy atom. The minimum atomic E-state index is -3.79. The molecule has 0 bridgehead atoms. The minimum absolute atomic E-state index is 0.0611. The number of rotatable bonds is 9. The van der Waals surface area contributed by atoms with Gasteiger partial charge < -0.3 is 10.2 Å². The lowest BCUT2D eigenvalue weighted by Gasteiger charge is -2.34. The summed E-state index contributed by atoms with van der Waals surface area (Å²) in [5.41, 5.74) is 1.35. The van der Waals surface area contributed by atoms with Crippen molar-refractivity contribution in [2.24, 2.45) is 0 Å². The van der Waals surface area contributed by atoms with Crippen LogP contribution in [0.1, 0.15) is 45.2 Å². The Morgan fingerprint density at radius 2 is 1.77 bits per heavy atom. The smallest absolute Gasteiger partial charge is 0.244 e. The second-order valence-electron chi connectivity index (χ2n) is 9.48. The van der Waals surface area contributed by atoms with Crippen molar-refractivity contribution in [3.05, 3.63) is 63.1 Å². The van der Waals surface area contributed by atoms with Gasteiger partial charge in [-0.3, -0.25) is 13.9 Å². The number of amides is 2. The van der Waals surface area contributed by atoms with Gasteiger partial charge in [-0.2, -0.15) is 0 Å². The molecule has 1 atom stereocenters. The number of halogens is 2. The number of carbonyl (C=O) groups is 2. The zero-order chi connectivity index (χ0) is 26.6. The summed E-state index contributed by atoms with van der Waals surface area (Å²) in [5, 5.41) is 3.39. The van der Waals surface area contributed by atoms with Gasteiger partial charge in [0.1, 0.15) is 12.6 Å². The third-order valence-electron chi connectivity index (χ3n) is 5.29. The van der Waals surface area contributed by atoms with Gasteiger partial charge in [0.25, 0.3) is 0 Å². The largest absolute Gasteiger partial charge is 0.350 e. The lowest BCUT2D eigenvalue weighted by molar-refractivity contribution is -0.141. The van der Waals surface area contributed by atoms with E-state index in [1.54, 1.807) is 42.5 Å². The summed E-state index contributed by atoms with van der Waals surface area (Å²) < 4.78 is 27.3. The van der Waals surface area contributed by atoms with Gasteiger partial charge in [0, 0.05) is 21.6 Å². The lowest BCUT2D eigenvalue weighted by Crippen LogP contribution is -2.55. The summed E-state index contributed by atoms with van der Waals surface area (Å²) in [6.07, 6.45) is 1.40. The van der Waals surface area contributed by atoms with Crippen molar-refractivity contribution in [3.8, 4) is 0 Å². The predicted octanol–water partition coefficient (Wildman–Crippen LogP) is 4.90. The quantitative estimate of drug-likeness (QED) is 0.453. The average molecular weight is 587 g/mol. The van der Waals surface area contributed by atoms with Gasteiger partial charge in [-0.25, -0.2) is 8.42 Å². The molecule has 0 fully saturated rings. The molecule has 0 heterocycles. The molecule has 35 heavy (non-hydrogen) atoms. The highest BCUT2D eigenvalue weighted by Gasteiger charge is 2.33. The topological polar surface area (TPSA) is 86.8 Å². The van der Waals surface area contributed by atoms with Crippen LogP contribution >= 0.6 is 27.5 Å². The molecule has 7 nitrogen and oxygen atoms in total. The number of anilines is 1. The van der Waals surface area contributed by atoms with Gasteiger partial charge in [0.2, 0.25) is 21.8 Å². The van der Waals surface area contributed by atoms with E-state index in [9.17, 15) is 18.0 Å². The molecule has 2 amide bonds. The first-order valence-electron chi connectivity index (χ1n) is 11.2. The Bertz CT molecular complexity index is 1180. The summed E-state index contributed by atoms with van der Waals surface area (Å²) in [6, 6.07) is 11.3. The van der Waals surface area contributed by atoms with Crippen LogP contribution in [0.5, 0.6) is 0 Å². The van der Waals surface area contributed by atoms with Crippen molar-refractivity contribution >= 4 is 55.1 Å². The van der Waals surface area contributed by atoms with E-state index in [1.165, 1.54) is 4.90 Å². The Labute approximate surface area is 222 Å². The summed E-state index contributed by atoms with van der Waals surface area (Å²) in [7, 11) is -3.79. The predicted molar refractivity (Wildman–Crippen MR) is 145 cm³/mol. The van der Waals surface area contributed by atoms with Crippen LogP contribution in [-0.4, -0.2) is 49.5 Å². The van der Waals surface area contributed by atoms with E-state index >= 15 is 0 Å². The van der Waals surface area contributed by atoms with Crippen molar-refractivity contribution in [2.75, 3.05) is 17.1 Å². The molecule has 2 aromatic carbocycles.